The van der Waals surface area contributed by atoms with Crippen LogP contribution in [-0.2, 0) is 0 Å². The normalized spacial score (nSPS) is 12.6. The quantitative estimate of drug-likeness (QED) is 0.815. The second-order valence-electron chi connectivity index (χ2n) is 4.05. The van der Waals surface area contributed by atoms with Crippen molar-refractivity contribution in [2.75, 3.05) is 6.54 Å². The van der Waals surface area contributed by atoms with Gasteiger partial charge in [-0.25, -0.2) is 4.39 Å². The molecule has 1 aromatic heterocycles. The van der Waals surface area contributed by atoms with Crippen molar-refractivity contribution in [2.45, 2.75) is 19.4 Å². The average molecular weight is 348 g/mol. The smallest absolute Gasteiger partial charge is 0.148 e. The van der Waals surface area contributed by atoms with Crippen molar-refractivity contribution in [3.8, 4) is 0 Å². The summed E-state index contributed by atoms with van der Waals surface area (Å²) in [7, 11) is 0. The minimum Gasteiger partial charge on any atom is -0.305 e. The number of halogens is 3. The highest BCUT2D eigenvalue weighted by Crippen LogP contribution is 2.32. The Morgan fingerprint density at radius 2 is 2.32 bits per heavy atom. The van der Waals surface area contributed by atoms with E-state index in [-0.39, 0.29) is 11.1 Å². The van der Waals surface area contributed by atoms with Gasteiger partial charge in [-0.1, -0.05) is 24.6 Å². The molecule has 0 aliphatic rings. The van der Waals surface area contributed by atoms with Gasteiger partial charge in [0.2, 0.25) is 0 Å². The number of nitrogens with zero attached hydrogens (tertiary/aromatic N) is 2. The standard InChI is InChI=1S/C12H13BrClFN4/c1-2-5-16-12(9-6-17-19-18-9)7-3-4-8(13)10(14)11(7)15/h3-4,6,12,16H,2,5H2,1H3,(H,17,18,19). The van der Waals surface area contributed by atoms with Crippen molar-refractivity contribution in [1.82, 2.24) is 20.7 Å². The molecule has 1 unspecified atom stereocenters. The number of H-pyrrole nitrogens is 1. The maximum Gasteiger partial charge on any atom is 0.148 e. The van der Waals surface area contributed by atoms with Crippen LogP contribution in [0.4, 0.5) is 4.39 Å². The van der Waals surface area contributed by atoms with E-state index in [1.54, 1.807) is 18.3 Å². The fourth-order valence-corrected chi connectivity index (χ4v) is 2.25. The molecule has 0 bridgehead atoms. The molecule has 1 aromatic carbocycles. The molecule has 0 saturated heterocycles. The van der Waals surface area contributed by atoms with E-state index in [2.05, 4.69) is 36.7 Å². The zero-order chi connectivity index (χ0) is 13.8. The SMILES string of the molecule is CCCNC(c1cn[nH]n1)c1ccc(Br)c(Cl)c1F. The second-order valence-corrected chi connectivity index (χ2v) is 5.28. The summed E-state index contributed by atoms with van der Waals surface area (Å²) in [5.74, 6) is -0.451. The summed E-state index contributed by atoms with van der Waals surface area (Å²) >= 11 is 9.13. The van der Waals surface area contributed by atoms with Crippen LogP contribution in [0.2, 0.25) is 5.02 Å². The molecule has 2 N–H and O–H groups in total. The highest BCUT2D eigenvalue weighted by atomic mass is 79.9. The van der Waals surface area contributed by atoms with E-state index >= 15 is 0 Å². The largest absolute Gasteiger partial charge is 0.305 e. The Morgan fingerprint density at radius 3 is 2.95 bits per heavy atom. The molecule has 102 valence electrons. The molecule has 19 heavy (non-hydrogen) atoms. The maximum atomic E-state index is 14.3. The summed E-state index contributed by atoms with van der Waals surface area (Å²) in [6.45, 7) is 2.78. The number of rotatable bonds is 5. The van der Waals surface area contributed by atoms with Crippen LogP contribution in [0.15, 0.2) is 22.8 Å². The van der Waals surface area contributed by atoms with Crippen LogP contribution in [0.5, 0.6) is 0 Å². The summed E-state index contributed by atoms with van der Waals surface area (Å²) < 4.78 is 14.8. The Hall–Kier alpha value is -0.980. The van der Waals surface area contributed by atoms with Gasteiger partial charge in [0.15, 0.2) is 0 Å². The average Bonchev–Trinajstić information content (AvgIpc) is 2.92. The lowest BCUT2D eigenvalue weighted by atomic mass is 10.0. The Kier molecular flexibility index (Phi) is 4.90. The Labute approximate surface area is 123 Å². The zero-order valence-electron chi connectivity index (χ0n) is 10.3. The molecule has 0 amide bonds. The topological polar surface area (TPSA) is 53.6 Å². The van der Waals surface area contributed by atoms with Crippen LogP contribution < -0.4 is 5.32 Å². The van der Waals surface area contributed by atoms with Crippen LogP contribution in [0.3, 0.4) is 0 Å². The first-order valence-corrected chi connectivity index (χ1v) is 7.04. The molecular formula is C12H13BrClFN4. The van der Waals surface area contributed by atoms with Gasteiger partial charge in [0.1, 0.15) is 11.5 Å². The van der Waals surface area contributed by atoms with E-state index in [9.17, 15) is 4.39 Å². The van der Waals surface area contributed by atoms with Crippen LogP contribution in [-0.4, -0.2) is 22.0 Å². The van der Waals surface area contributed by atoms with Crippen molar-refractivity contribution in [3.63, 3.8) is 0 Å². The Bertz CT molecular complexity index is 547. The summed E-state index contributed by atoms with van der Waals surface area (Å²) in [6.07, 6.45) is 2.50. The number of aromatic amines is 1. The van der Waals surface area contributed by atoms with Crippen molar-refractivity contribution in [3.05, 3.63) is 44.9 Å². The molecule has 0 aliphatic heterocycles. The second kappa shape index (κ2) is 6.45. The zero-order valence-corrected chi connectivity index (χ0v) is 12.6. The number of nitrogens with one attached hydrogen (secondary N) is 2. The first-order chi connectivity index (χ1) is 9.15. The summed E-state index contributed by atoms with van der Waals surface area (Å²) in [5.41, 5.74) is 1.08. The van der Waals surface area contributed by atoms with Gasteiger partial charge in [0, 0.05) is 10.0 Å². The van der Waals surface area contributed by atoms with Gasteiger partial charge in [-0.3, -0.25) is 0 Å². The lowest BCUT2D eigenvalue weighted by Gasteiger charge is -2.18. The number of benzene rings is 1. The fourth-order valence-electron chi connectivity index (χ4n) is 1.78. The van der Waals surface area contributed by atoms with Crippen LogP contribution in [0, 0.1) is 5.82 Å². The van der Waals surface area contributed by atoms with Crippen molar-refractivity contribution >= 4 is 27.5 Å². The van der Waals surface area contributed by atoms with Gasteiger partial charge < -0.3 is 5.32 Å². The Balaban J connectivity index is 2.41. The third-order valence-electron chi connectivity index (χ3n) is 2.70. The van der Waals surface area contributed by atoms with Crippen LogP contribution in [0.25, 0.3) is 0 Å². The van der Waals surface area contributed by atoms with Crippen LogP contribution >= 0.6 is 27.5 Å². The van der Waals surface area contributed by atoms with Crippen molar-refractivity contribution in [1.29, 1.82) is 0 Å². The highest BCUT2D eigenvalue weighted by molar-refractivity contribution is 9.10. The van der Waals surface area contributed by atoms with E-state index < -0.39 is 5.82 Å². The van der Waals surface area contributed by atoms with Gasteiger partial charge in [0.05, 0.1) is 17.3 Å². The van der Waals surface area contributed by atoms with E-state index in [0.717, 1.165) is 13.0 Å². The molecule has 2 rings (SSSR count). The first kappa shape index (κ1) is 14.4. The third kappa shape index (κ3) is 3.13. The molecular weight excluding hydrogens is 335 g/mol. The maximum absolute atomic E-state index is 14.3. The molecule has 4 nitrogen and oxygen atoms in total. The molecule has 1 atom stereocenters. The van der Waals surface area contributed by atoms with E-state index in [1.165, 1.54) is 0 Å². The lowest BCUT2D eigenvalue weighted by Crippen LogP contribution is -2.24. The minimum absolute atomic E-state index is 0.0734. The van der Waals surface area contributed by atoms with E-state index in [4.69, 9.17) is 11.6 Å². The third-order valence-corrected chi connectivity index (χ3v) is 3.96. The molecule has 7 heteroatoms. The van der Waals surface area contributed by atoms with Crippen molar-refractivity contribution < 1.29 is 4.39 Å². The van der Waals surface area contributed by atoms with Gasteiger partial charge in [-0.2, -0.15) is 15.4 Å². The number of aromatic nitrogens is 3. The molecule has 1 heterocycles. The highest BCUT2D eigenvalue weighted by Gasteiger charge is 2.22. The van der Waals surface area contributed by atoms with Gasteiger partial charge in [-0.15, -0.1) is 0 Å². The lowest BCUT2D eigenvalue weighted by molar-refractivity contribution is 0.538. The summed E-state index contributed by atoms with van der Waals surface area (Å²) in [5, 5.41) is 13.6. The predicted octanol–water partition coefficient (Wildman–Crippen LogP) is 3.45. The van der Waals surface area contributed by atoms with E-state index in [0.29, 0.717) is 15.7 Å². The molecule has 2 aromatic rings. The first-order valence-electron chi connectivity index (χ1n) is 5.87. The monoisotopic (exact) mass is 346 g/mol. The summed E-state index contributed by atoms with van der Waals surface area (Å²) in [6, 6.07) is 3.04. The number of hydrogen-bond donors (Lipinski definition) is 2. The van der Waals surface area contributed by atoms with Gasteiger partial charge >= 0.3 is 0 Å². The Morgan fingerprint density at radius 1 is 1.53 bits per heavy atom. The van der Waals surface area contributed by atoms with Crippen molar-refractivity contribution in [2.24, 2.45) is 0 Å². The minimum atomic E-state index is -0.451. The van der Waals surface area contributed by atoms with Crippen LogP contribution in [0.1, 0.15) is 30.6 Å². The van der Waals surface area contributed by atoms with Gasteiger partial charge in [0.25, 0.3) is 0 Å². The molecule has 0 fully saturated rings. The number of hydrogen-bond acceptors (Lipinski definition) is 3. The molecule has 0 saturated carbocycles. The summed E-state index contributed by atoms with van der Waals surface area (Å²) in [4.78, 5) is 0. The predicted molar refractivity (Wildman–Crippen MR) is 75.6 cm³/mol. The van der Waals surface area contributed by atoms with Gasteiger partial charge in [-0.05, 0) is 35.0 Å². The fraction of sp³-hybridized carbons (Fsp3) is 0.333. The molecule has 0 radical (unpaired) electrons. The van der Waals surface area contributed by atoms with E-state index in [1.807, 2.05) is 6.92 Å². The molecule has 0 aliphatic carbocycles. The molecule has 0 spiro atoms.